The van der Waals surface area contributed by atoms with Crippen molar-refractivity contribution in [1.82, 2.24) is 0 Å². The van der Waals surface area contributed by atoms with Crippen molar-refractivity contribution in [2.45, 2.75) is 12.3 Å². The zero-order valence-corrected chi connectivity index (χ0v) is 10.00. The molecule has 0 atom stereocenters. The number of benzene rings is 1. The van der Waals surface area contributed by atoms with E-state index in [0.717, 1.165) is 6.54 Å². The maximum atomic E-state index is 5.83. The molecule has 0 radical (unpaired) electrons. The molecule has 0 aliphatic rings. The van der Waals surface area contributed by atoms with E-state index < -0.39 is 0 Å². The molecule has 0 unspecified atom stereocenters. The standard InChI is InChI=1S/C11H16ClNS/c1-14-8-4-7-13-11-6-3-2-5-10(11)9-12/h2-3,5-6,13H,4,7-9H2,1H3. The van der Waals surface area contributed by atoms with Gasteiger partial charge in [0.2, 0.25) is 0 Å². The van der Waals surface area contributed by atoms with E-state index in [1.807, 2.05) is 23.9 Å². The van der Waals surface area contributed by atoms with Crippen LogP contribution in [0.4, 0.5) is 5.69 Å². The Morgan fingerprint density at radius 1 is 1.36 bits per heavy atom. The Labute approximate surface area is 95.2 Å². The molecule has 1 nitrogen and oxygen atoms in total. The van der Waals surface area contributed by atoms with Crippen LogP contribution in [-0.4, -0.2) is 18.6 Å². The number of thioether (sulfide) groups is 1. The topological polar surface area (TPSA) is 12.0 Å². The fourth-order valence-electron chi connectivity index (χ4n) is 1.25. The molecular weight excluding hydrogens is 214 g/mol. The van der Waals surface area contributed by atoms with E-state index in [1.165, 1.54) is 23.4 Å². The molecule has 0 saturated heterocycles. The van der Waals surface area contributed by atoms with Gasteiger partial charge in [0.15, 0.2) is 0 Å². The van der Waals surface area contributed by atoms with Crippen molar-refractivity contribution < 1.29 is 0 Å². The van der Waals surface area contributed by atoms with Crippen LogP contribution in [0, 0.1) is 0 Å². The highest BCUT2D eigenvalue weighted by Gasteiger charge is 1.98. The van der Waals surface area contributed by atoms with Crippen LogP contribution in [-0.2, 0) is 5.88 Å². The predicted molar refractivity (Wildman–Crippen MR) is 67.5 cm³/mol. The molecule has 0 aromatic heterocycles. The summed E-state index contributed by atoms with van der Waals surface area (Å²) in [6, 6.07) is 8.19. The van der Waals surface area contributed by atoms with Gasteiger partial charge in [-0.2, -0.15) is 11.8 Å². The molecular formula is C11H16ClNS. The normalized spacial score (nSPS) is 10.1. The highest BCUT2D eigenvalue weighted by atomic mass is 35.5. The second-order valence-corrected chi connectivity index (χ2v) is 4.32. The molecule has 0 bridgehead atoms. The minimum atomic E-state index is 0.575. The molecule has 14 heavy (non-hydrogen) atoms. The summed E-state index contributed by atoms with van der Waals surface area (Å²) in [5, 5.41) is 3.40. The van der Waals surface area contributed by atoms with Gasteiger partial charge in [0, 0.05) is 18.1 Å². The summed E-state index contributed by atoms with van der Waals surface area (Å²) < 4.78 is 0. The smallest absolute Gasteiger partial charge is 0.0494 e. The molecule has 0 fully saturated rings. The van der Waals surface area contributed by atoms with Crippen molar-refractivity contribution in [2.75, 3.05) is 23.9 Å². The van der Waals surface area contributed by atoms with E-state index in [-0.39, 0.29) is 0 Å². The molecule has 0 amide bonds. The number of halogens is 1. The van der Waals surface area contributed by atoms with Crippen molar-refractivity contribution in [3.05, 3.63) is 29.8 Å². The Morgan fingerprint density at radius 3 is 2.86 bits per heavy atom. The average Bonchev–Trinajstić information content (AvgIpc) is 2.25. The minimum Gasteiger partial charge on any atom is -0.385 e. The zero-order chi connectivity index (χ0) is 10.2. The summed E-state index contributed by atoms with van der Waals surface area (Å²) in [7, 11) is 0. The number of hydrogen-bond acceptors (Lipinski definition) is 2. The fourth-order valence-corrected chi connectivity index (χ4v) is 1.91. The van der Waals surface area contributed by atoms with Gasteiger partial charge in [0.1, 0.15) is 0 Å². The summed E-state index contributed by atoms with van der Waals surface area (Å²) in [5.41, 5.74) is 2.35. The number of hydrogen-bond donors (Lipinski definition) is 1. The minimum absolute atomic E-state index is 0.575. The summed E-state index contributed by atoms with van der Waals surface area (Å²) in [5.74, 6) is 1.78. The maximum Gasteiger partial charge on any atom is 0.0494 e. The number of para-hydroxylation sites is 1. The maximum absolute atomic E-state index is 5.83. The highest BCUT2D eigenvalue weighted by molar-refractivity contribution is 7.98. The SMILES string of the molecule is CSCCCNc1ccccc1CCl. The molecule has 1 aromatic carbocycles. The van der Waals surface area contributed by atoms with Crippen molar-refractivity contribution in [3.8, 4) is 0 Å². The Morgan fingerprint density at radius 2 is 2.14 bits per heavy atom. The van der Waals surface area contributed by atoms with Crippen LogP contribution in [0.1, 0.15) is 12.0 Å². The lowest BCUT2D eigenvalue weighted by Gasteiger charge is -2.09. The van der Waals surface area contributed by atoms with Crippen molar-refractivity contribution >= 4 is 29.1 Å². The lowest BCUT2D eigenvalue weighted by Crippen LogP contribution is -2.04. The molecule has 0 saturated carbocycles. The van der Waals surface area contributed by atoms with Gasteiger partial charge in [-0.15, -0.1) is 11.6 Å². The first-order valence-corrected chi connectivity index (χ1v) is 6.68. The van der Waals surface area contributed by atoms with Gasteiger partial charge >= 0.3 is 0 Å². The second-order valence-electron chi connectivity index (χ2n) is 3.06. The molecule has 1 aromatic rings. The third-order valence-corrected chi connectivity index (χ3v) is 2.99. The van der Waals surface area contributed by atoms with E-state index in [0.29, 0.717) is 5.88 Å². The molecule has 1 rings (SSSR count). The van der Waals surface area contributed by atoms with Crippen LogP contribution in [0.25, 0.3) is 0 Å². The molecule has 0 heterocycles. The summed E-state index contributed by atoms with van der Waals surface area (Å²) in [4.78, 5) is 0. The van der Waals surface area contributed by atoms with Crippen LogP contribution in [0.5, 0.6) is 0 Å². The van der Waals surface area contributed by atoms with Crippen molar-refractivity contribution in [1.29, 1.82) is 0 Å². The molecule has 78 valence electrons. The molecule has 3 heteroatoms. The summed E-state index contributed by atoms with van der Waals surface area (Å²) >= 11 is 7.71. The quantitative estimate of drug-likeness (QED) is 0.591. The van der Waals surface area contributed by atoms with Crippen molar-refractivity contribution in [2.24, 2.45) is 0 Å². The van der Waals surface area contributed by atoms with E-state index in [2.05, 4.69) is 23.7 Å². The van der Waals surface area contributed by atoms with Crippen molar-refractivity contribution in [3.63, 3.8) is 0 Å². The number of nitrogens with one attached hydrogen (secondary N) is 1. The van der Waals surface area contributed by atoms with E-state index >= 15 is 0 Å². The largest absolute Gasteiger partial charge is 0.385 e. The van der Waals surface area contributed by atoms with Crippen LogP contribution in [0.2, 0.25) is 0 Å². The second kappa shape index (κ2) is 7.02. The fraction of sp³-hybridized carbons (Fsp3) is 0.455. The third kappa shape index (κ3) is 3.81. The lowest BCUT2D eigenvalue weighted by molar-refractivity contribution is 0.990. The lowest BCUT2D eigenvalue weighted by atomic mass is 10.2. The van der Waals surface area contributed by atoms with Gasteiger partial charge in [-0.3, -0.25) is 0 Å². The van der Waals surface area contributed by atoms with Crippen LogP contribution < -0.4 is 5.32 Å². The number of rotatable bonds is 6. The van der Waals surface area contributed by atoms with Gasteiger partial charge < -0.3 is 5.32 Å². The Bertz CT molecular complexity index is 265. The summed E-state index contributed by atoms with van der Waals surface area (Å²) in [6.45, 7) is 1.02. The predicted octanol–water partition coefficient (Wildman–Crippen LogP) is 3.59. The highest BCUT2D eigenvalue weighted by Crippen LogP contribution is 2.16. The first kappa shape index (κ1) is 11.7. The third-order valence-electron chi connectivity index (χ3n) is 2.00. The van der Waals surface area contributed by atoms with E-state index in [4.69, 9.17) is 11.6 Å². The van der Waals surface area contributed by atoms with E-state index in [1.54, 1.807) is 0 Å². The Balaban J connectivity index is 2.41. The monoisotopic (exact) mass is 229 g/mol. The van der Waals surface area contributed by atoms with Crippen LogP contribution in [0.3, 0.4) is 0 Å². The molecule has 0 aliphatic carbocycles. The number of alkyl halides is 1. The number of anilines is 1. The summed E-state index contributed by atoms with van der Waals surface area (Å²) in [6.07, 6.45) is 3.32. The van der Waals surface area contributed by atoms with Gasteiger partial charge in [0.05, 0.1) is 0 Å². The van der Waals surface area contributed by atoms with Crippen LogP contribution in [0.15, 0.2) is 24.3 Å². The first-order chi connectivity index (χ1) is 6.88. The van der Waals surface area contributed by atoms with Gasteiger partial charge in [0.25, 0.3) is 0 Å². The Kier molecular flexibility index (Phi) is 5.88. The van der Waals surface area contributed by atoms with Gasteiger partial charge in [-0.1, -0.05) is 18.2 Å². The molecule has 0 spiro atoms. The van der Waals surface area contributed by atoms with Crippen LogP contribution >= 0.6 is 23.4 Å². The average molecular weight is 230 g/mol. The van der Waals surface area contributed by atoms with Gasteiger partial charge in [-0.25, -0.2) is 0 Å². The first-order valence-electron chi connectivity index (χ1n) is 4.75. The molecule has 0 aliphatic heterocycles. The zero-order valence-electron chi connectivity index (χ0n) is 8.42. The Hall–Kier alpha value is -0.340. The van der Waals surface area contributed by atoms with Gasteiger partial charge in [-0.05, 0) is 30.1 Å². The van der Waals surface area contributed by atoms with E-state index in [9.17, 15) is 0 Å². The molecule has 1 N–H and O–H groups in total.